The number of unbranched alkanes of at least 4 members (excludes halogenated alkanes) is 5. The molecule has 0 bridgehead atoms. The third-order valence-electron chi connectivity index (χ3n) is 1.67. The quantitative estimate of drug-likeness (QED) is 0.389. The first-order chi connectivity index (χ1) is 5.27. The van der Waals surface area contributed by atoms with Gasteiger partial charge < -0.3 is 4.55 Å². The van der Waals surface area contributed by atoms with Crippen molar-refractivity contribution in [3.8, 4) is 0 Å². The van der Waals surface area contributed by atoms with Crippen LogP contribution in [0.4, 0.5) is 0 Å². The van der Waals surface area contributed by atoms with Crippen LogP contribution < -0.4 is 0 Å². The van der Waals surface area contributed by atoms with Crippen molar-refractivity contribution in [1.82, 2.24) is 0 Å². The second-order valence-corrected chi connectivity index (χ2v) is 3.84. The molecule has 0 aliphatic rings. The summed E-state index contributed by atoms with van der Waals surface area (Å²) in [4.78, 5) is 0. The van der Waals surface area contributed by atoms with Crippen molar-refractivity contribution >= 4 is 40.6 Å². The van der Waals surface area contributed by atoms with E-state index in [9.17, 15) is 4.21 Å². The summed E-state index contributed by atoms with van der Waals surface area (Å²) in [6.45, 7) is 2.18. The van der Waals surface area contributed by atoms with E-state index in [1.807, 2.05) is 0 Å². The van der Waals surface area contributed by atoms with Crippen molar-refractivity contribution in [3.63, 3.8) is 0 Å². The minimum atomic E-state index is -1.57. The van der Waals surface area contributed by atoms with Crippen LogP contribution in [-0.2, 0) is 11.1 Å². The van der Waals surface area contributed by atoms with Crippen LogP contribution >= 0.6 is 0 Å². The van der Waals surface area contributed by atoms with Gasteiger partial charge in [0.25, 0.3) is 0 Å². The van der Waals surface area contributed by atoms with Crippen LogP contribution in [0.5, 0.6) is 0 Å². The summed E-state index contributed by atoms with van der Waals surface area (Å²) < 4.78 is 18.6. The van der Waals surface area contributed by atoms with Crippen molar-refractivity contribution in [2.45, 2.75) is 45.4 Å². The molecule has 0 spiro atoms. The van der Waals surface area contributed by atoms with E-state index in [1.54, 1.807) is 0 Å². The number of hydrogen-bond acceptors (Lipinski definition) is 1. The molecule has 0 aromatic heterocycles. The normalized spacial score (nSPS) is 12.2. The van der Waals surface area contributed by atoms with E-state index < -0.39 is 11.1 Å². The van der Waals surface area contributed by atoms with Crippen LogP contribution in [0, 0.1) is 0 Å². The van der Waals surface area contributed by atoms with Gasteiger partial charge in [-0.1, -0.05) is 39.0 Å². The van der Waals surface area contributed by atoms with Gasteiger partial charge in [-0.05, 0) is 6.42 Å². The third kappa shape index (κ3) is 13.7. The van der Waals surface area contributed by atoms with Gasteiger partial charge in [0.05, 0.1) is 0 Å². The molecule has 0 aliphatic heterocycles. The van der Waals surface area contributed by atoms with Gasteiger partial charge >= 0.3 is 29.6 Å². The predicted octanol–water partition coefficient (Wildman–Crippen LogP) is 1.92. The molecule has 0 radical (unpaired) electrons. The summed E-state index contributed by atoms with van der Waals surface area (Å²) in [5.74, 6) is 0.451. The Morgan fingerprint density at radius 1 is 1.08 bits per heavy atom. The summed E-state index contributed by atoms with van der Waals surface area (Å²) in [7, 11) is 0. The SMILES string of the molecule is CCCCCCCCS(=O)O.[NaH]. The second kappa shape index (κ2) is 12.1. The Kier molecular flexibility index (Phi) is 15.7. The third-order valence-corrected chi connectivity index (χ3v) is 2.31. The molecule has 0 heterocycles. The van der Waals surface area contributed by atoms with Crippen molar-refractivity contribution in [1.29, 1.82) is 0 Å². The molecular weight excluding hydrogens is 183 g/mol. The Balaban J connectivity index is 0. The van der Waals surface area contributed by atoms with E-state index in [-0.39, 0.29) is 29.6 Å². The zero-order valence-electron chi connectivity index (χ0n) is 7.21. The van der Waals surface area contributed by atoms with E-state index in [0.717, 1.165) is 12.8 Å². The second-order valence-electron chi connectivity index (χ2n) is 2.79. The monoisotopic (exact) mass is 202 g/mol. The van der Waals surface area contributed by atoms with Crippen molar-refractivity contribution in [2.75, 3.05) is 5.75 Å². The van der Waals surface area contributed by atoms with Gasteiger partial charge in [0, 0.05) is 5.75 Å². The van der Waals surface area contributed by atoms with Gasteiger partial charge in [-0.2, -0.15) is 0 Å². The fourth-order valence-corrected chi connectivity index (χ4v) is 1.46. The maximum atomic E-state index is 10.2. The van der Waals surface area contributed by atoms with Gasteiger partial charge in [-0.15, -0.1) is 0 Å². The molecule has 2 nitrogen and oxygen atoms in total. The Bertz CT molecular complexity index is 109. The van der Waals surface area contributed by atoms with Crippen LogP contribution in [0.25, 0.3) is 0 Å². The molecule has 0 rings (SSSR count). The van der Waals surface area contributed by atoms with Gasteiger partial charge in [-0.25, -0.2) is 4.21 Å². The zero-order chi connectivity index (χ0) is 8.53. The van der Waals surface area contributed by atoms with E-state index in [0.29, 0.717) is 5.75 Å². The zero-order valence-corrected chi connectivity index (χ0v) is 8.03. The summed E-state index contributed by atoms with van der Waals surface area (Å²) in [6.07, 6.45) is 7.03. The Morgan fingerprint density at radius 3 is 2.08 bits per heavy atom. The molecule has 12 heavy (non-hydrogen) atoms. The minimum absolute atomic E-state index is 0. The number of rotatable bonds is 7. The fraction of sp³-hybridized carbons (Fsp3) is 1.00. The average molecular weight is 202 g/mol. The first-order valence-corrected chi connectivity index (χ1v) is 5.62. The summed E-state index contributed by atoms with van der Waals surface area (Å²) >= 11 is -1.57. The van der Waals surface area contributed by atoms with Crippen LogP contribution in [-0.4, -0.2) is 44.1 Å². The molecular formula is C8H19NaO2S. The van der Waals surface area contributed by atoms with E-state index in [1.165, 1.54) is 25.7 Å². The molecule has 0 fully saturated rings. The van der Waals surface area contributed by atoms with Gasteiger partial charge in [0.15, 0.2) is 11.1 Å². The Morgan fingerprint density at radius 2 is 1.58 bits per heavy atom. The summed E-state index contributed by atoms with van der Waals surface area (Å²) in [5, 5.41) is 0. The summed E-state index contributed by atoms with van der Waals surface area (Å²) in [5.41, 5.74) is 0. The molecule has 70 valence electrons. The van der Waals surface area contributed by atoms with E-state index >= 15 is 0 Å². The van der Waals surface area contributed by atoms with Crippen LogP contribution in [0.1, 0.15) is 45.4 Å². The predicted molar refractivity (Wildman–Crippen MR) is 56.2 cm³/mol. The molecule has 4 heteroatoms. The molecule has 0 amide bonds. The fourth-order valence-electron chi connectivity index (χ4n) is 1.01. The van der Waals surface area contributed by atoms with Gasteiger partial charge in [-0.3, -0.25) is 0 Å². The van der Waals surface area contributed by atoms with Gasteiger partial charge in [0.2, 0.25) is 0 Å². The molecule has 0 saturated carbocycles. The molecule has 0 saturated heterocycles. The average Bonchev–Trinajstić information content (AvgIpc) is 1.96. The van der Waals surface area contributed by atoms with E-state index in [4.69, 9.17) is 4.55 Å². The Labute approximate surface area is 100 Å². The molecule has 0 aromatic rings. The molecule has 1 unspecified atom stereocenters. The molecule has 0 aromatic carbocycles. The van der Waals surface area contributed by atoms with Crippen LogP contribution in [0.3, 0.4) is 0 Å². The molecule has 0 aliphatic carbocycles. The molecule has 1 N–H and O–H groups in total. The first kappa shape index (κ1) is 15.6. The van der Waals surface area contributed by atoms with Crippen molar-refractivity contribution in [3.05, 3.63) is 0 Å². The van der Waals surface area contributed by atoms with Crippen molar-refractivity contribution < 1.29 is 8.76 Å². The van der Waals surface area contributed by atoms with E-state index in [2.05, 4.69) is 6.92 Å². The Hall–Kier alpha value is 1.11. The van der Waals surface area contributed by atoms with Crippen molar-refractivity contribution in [2.24, 2.45) is 0 Å². The first-order valence-electron chi connectivity index (χ1n) is 4.35. The number of hydrogen-bond donors (Lipinski definition) is 1. The summed E-state index contributed by atoms with van der Waals surface area (Å²) in [6, 6.07) is 0. The molecule has 1 atom stereocenters. The van der Waals surface area contributed by atoms with Gasteiger partial charge in [0.1, 0.15) is 0 Å². The maximum absolute atomic E-state index is 10.2. The van der Waals surface area contributed by atoms with Crippen LogP contribution in [0.15, 0.2) is 0 Å². The topological polar surface area (TPSA) is 37.3 Å². The standard InChI is InChI=1S/C8H18O2S.Na.H/c1-2-3-4-5-6-7-8-11(9)10;;/h2-8H2,1H3,(H,9,10);;. The van der Waals surface area contributed by atoms with Crippen LogP contribution in [0.2, 0.25) is 0 Å².